The molecule has 0 spiro atoms. The lowest BCUT2D eigenvalue weighted by Gasteiger charge is -2.36. The lowest BCUT2D eigenvalue weighted by Crippen LogP contribution is -2.41. The molecule has 0 fully saturated rings. The SMILES string of the molecule is COC(=O)C1=C(C(=O)OC)N(c2cc(C(=O)c3ccc(C)cc3)ccc2Cl)C(N)=C(C#N)C1c1ccccc1. The van der Waals surface area contributed by atoms with Crippen LogP contribution in [0.15, 0.2) is 95.5 Å². The average molecular weight is 542 g/mol. The summed E-state index contributed by atoms with van der Waals surface area (Å²) in [7, 11) is 2.32. The van der Waals surface area contributed by atoms with Crippen LogP contribution in [-0.4, -0.2) is 31.9 Å². The molecular weight excluding hydrogens is 518 g/mol. The first-order chi connectivity index (χ1) is 18.7. The fourth-order valence-electron chi connectivity index (χ4n) is 4.46. The Labute approximate surface area is 230 Å². The number of rotatable bonds is 6. The van der Waals surface area contributed by atoms with Gasteiger partial charge in [-0.25, -0.2) is 9.59 Å². The Hall–Kier alpha value is -4.87. The average Bonchev–Trinajstić information content (AvgIpc) is 2.96. The zero-order valence-electron chi connectivity index (χ0n) is 21.4. The second-order valence-corrected chi connectivity index (χ2v) is 9.10. The van der Waals surface area contributed by atoms with Crippen LogP contribution in [0.2, 0.25) is 5.02 Å². The molecule has 0 saturated carbocycles. The molecular formula is C30H24ClN3O5. The highest BCUT2D eigenvalue weighted by atomic mass is 35.5. The fourth-order valence-corrected chi connectivity index (χ4v) is 4.66. The lowest BCUT2D eigenvalue weighted by atomic mass is 9.81. The molecule has 1 heterocycles. The second-order valence-electron chi connectivity index (χ2n) is 8.70. The summed E-state index contributed by atoms with van der Waals surface area (Å²) in [4.78, 5) is 41.0. The number of nitrogens with two attached hydrogens (primary N) is 1. The van der Waals surface area contributed by atoms with E-state index >= 15 is 0 Å². The summed E-state index contributed by atoms with van der Waals surface area (Å²) in [5, 5.41) is 10.3. The summed E-state index contributed by atoms with van der Waals surface area (Å²) in [6, 6.07) is 22.2. The number of nitriles is 1. The smallest absolute Gasteiger partial charge is 0.355 e. The van der Waals surface area contributed by atoms with E-state index in [0.29, 0.717) is 11.1 Å². The number of ketones is 1. The molecule has 8 nitrogen and oxygen atoms in total. The van der Waals surface area contributed by atoms with Crippen molar-refractivity contribution in [3.63, 3.8) is 0 Å². The number of anilines is 1. The summed E-state index contributed by atoms with van der Waals surface area (Å²) >= 11 is 6.58. The molecule has 1 atom stereocenters. The Bertz CT molecular complexity index is 1570. The lowest BCUT2D eigenvalue weighted by molar-refractivity contribution is -0.139. The van der Waals surface area contributed by atoms with E-state index in [1.54, 1.807) is 48.5 Å². The van der Waals surface area contributed by atoms with Crippen LogP contribution in [0.4, 0.5) is 5.69 Å². The summed E-state index contributed by atoms with van der Waals surface area (Å²) in [6.45, 7) is 1.91. The van der Waals surface area contributed by atoms with Gasteiger partial charge in [-0.05, 0) is 30.7 Å². The maximum Gasteiger partial charge on any atom is 0.355 e. The van der Waals surface area contributed by atoms with Gasteiger partial charge in [0, 0.05) is 11.1 Å². The number of aryl methyl sites for hydroxylation is 1. The van der Waals surface area contributed by atoms with Crippen molar-refractivity contribution in [1.29, 1.82) is 5.26 Å². The van der Waals surface area contributed by atoms with Crippen LogP contribution in [0.5, 0.6) is 0 Å². The normalized spacial score (nSPS) is 15.1. The summed E-state index contributed by atoms with van der Waals surface area (Å²) < 4.78 is 10.1. The van der Waals surface area contributed by atoms with E-state index in [2.05, 4.69) is 6.07 Å². The molecule has 1 aliphatic rings. The van der Waals surface area contributed by atoms with Crippen molar-refractivity contribution in [3.8, 4) is 6.07 Å². The minimum atomic E-state index is -1.02. The number of carbonyl (C=O) groups is 3. The first-order valence-electron chi connectivity index (χ1n) is 11.8. The zero-order chi connectivity index (χ0) is 28.3. The minimum Gasteiger partial charge on any atom is -0.466 e. The molecule has 0 radical (unpaired) electrons. The standard InChI is InChI=1S/C30H24ClN3O5/c1-17-9-11-19(12-10-17)27(35)20-13-14-22(31)23(15-20)34-26(30(37)39-3)25(29(36)38-2)24(21(16-32)28(34)33)18-7-5-4-6-8-18/h4-15,24H,33H2,1-3H3. The van der Waals surface area contributed by atoms with Crippen LogP contribution in [-0.2, 0) is 19.1 Å². The summed E-state index contributed by atoms with van der Waals surface area (Å²) in [5.74, 6) is -3.25. The first kappa shape index (κ1) is 27.2. The third-order valence-corrected chi connectivity index (χ3v) is 6.69. The maximum atomic E-state index is 13.3. The van der Waals surface area contributed by atoms with Crippen molar-refractivity contribution in [2.45, 2.75) is 12.8 Å². The minimum absolute atomic E-state index is 0.0133. The number of esters is 2. The summed E-state index contributed by atoms with van der Waals surface area (Å²) in [5.41, 5.74) is 8.42. The van der Waals surface area contributed by atoms with Crippen molar-refractivity contribution in [1.82, 2.24) is 0 Å². The van der Waals surface area contributed by atoms with Crippen molar-refractivity contribution in [3.05, 3.63) is 123 Å². The number of nitrogens with zero attached hydrogens (tertiary/aromatic N) is 2. The molecule has 1 unspecified atom stereocenters. The molecule has 3 aromatic carbocycles. The number of halogens is 1. The Kier molecular flexibility index (Phi) is 7.84. The van der Waals surface area contributed by atoms with Crippen molar-refractivity contribution in [2.24, 2.45) is 5.73 Å². The molecule has 39 heavy (non-hydrogen) atoms. The Morgan fingerprint density at radius 1 is 0.923 bits per heavy atom. The first-order valence-corrected chi connectivity index (χ1v) is 12.2. The summed E-state index contributed by atoms with van der Waals surface area (Å²) in [6.07, 6.45) is 0. The predicted molar refractivity (Wildman–Crippen MR) is 146 cm³/mol. The van der Waals surface area contributed by atoms with Gasteiger partial charge in [0.15, 0.2) is 5.78 Å². The van der Waals surface area contributed by atoms with Gasteiger partial charge in [-0.1, -0.05) is 71.8 Å². The maximum absolute atomic E-state index is 13.3. The van der Waals surface area contributed by atoms with Gasteiger partial charge in [-0.15, -0.1) is 0 Å². The van der Waals surface area contributed by atoms with Gasteiger partial charge in [-0.3, -0.25) is 9.69 Å². The van der Waals surface area contributed by atoms with Crippen LogP contribution in [0.25, 0.3) is 0 Å². The molecule has 0 bridgehead atoms. The fraction of sp³-hybridized carbons (Fsp3) is 0.133. The molecule has 0 aliphatic carbocycles. The molecule has 2 N–H and O–H groups in total. The number of allylic oxidation sites excluding steroid dienone is 1. The van der Waals surface area contributed by atoms with E-state index in [1.807, 2.05) is 19.1 Å². The molecule has 0 amide bonds. The number of carbonyl (C=O) groups excluding carboxylic acids is 3. The molecule has 3 aromatic rings. The monoisotopic (exact) mass is 541 g/mol. The van der Waals surface area contributed by atoms with E-state index < -0.39 is 17.9 Å². The van der Waals surface area contributed by atoms with Crippen LogP contribution >= 0.6 is 11.6 Å². The molecule has 4 rings (SSSR count). The molecule has 1 aliphatic heterocycles. The van der Waals surface area contributed by atoms with Gasteiger partial charge in [0.1, 0.15) is 11.5 Å². The zero-order valence-corrected chi connectivity index (χ0v) is 22.2. The van der Waals surface area contributed by atoms with Gasteiger partial charge >= 0.3 is 11.9 Å². The van der Waals surface area contributed by atoms with E-state index in [0.717, 1.165) is 19.8 Å². The highest BCUT2D eigenvalue weighted by Crippen LogP contribution is 2.44. The van der Waals surface area contributed by atoms with Crippen molar-refractivity contribution >= 4 is 35.0 Å². The third-order valence-electron chi connectivity index (χ3n) is 6.37. The van der Waals surface area contributed by atoms with Crippen LogP contribution in [0.3, 0.4) is 0 Å². The van der Waals surface area contributed by atoms with Crippen LogP contribution in [0.1, 0.15) is 33.0 Å². The van der Waals surface area contributed by atoms with E-state index in [9.17, 15) is 19.6 Å². The van der Waals surface area contributed by atoms with Crippen molar-refractivity contribution < 1.29 is 23.9 Å². The van der Waals surface area contributed by atoms with Crippen molar-refractivity contribution in [2.75, 3.05) is 19.1 Å². The van der Waals surface area contributed by atoms with Gasteiger partial charge in [0.25, 0.3) is 0 Å². The topological polar surface area (TPSA) is 123 Å². The number of hydrogen-bond acceptors (Lipinski definition) is 8. The molecule has 0 aromatic heterocycles. The van der Waals surface area contributed by atoms with Gasteiger partial charge in [0.2, 0.25) is 0 Å². The van der Waals surface area contributed by atoms with E-state index in [1.165, 1.54) is 17.0 Å². The molecule has 196 valence electrons. The number of benzene rings is 3. The number of methoxy groups -OCH3 is 2. The number of ether oxygens (including phenoxy) is 2. The van der Waals surface area contributed by atoms with Crippen LogP contribution < -0.4 is 10.6 Å². The van der Waals surface area contributed by atoms with Gasteiger partial charge < -0.3 is 15.2 Å². The number of hydrogen-bond donors (Lipinski definition) is 1. The van der Waals surface area contributed by atoms with Gasteiger partial charge in [-0.2, -0.15) is 5.26 Å². The molecule has 0 saturated heterocycles. The highest BCUT2D eigenvalue weighted by Gasteiger charge is 2.43. The van der Waals surface area contributed by atoms with Gasteiger partial charge in [0.05, 0.1) is 48.1 Å². The highest BCUT2D eigenvalue weighted by molar-refractivity contribution is 6.34. The van der Waals surface area contributed by atoms with E-state index in [4.69, 9.17) is 26.8 Å². The predicted octanol–water partition coefficient (Wildman–Crippen LogP) is 4.78. The van der Waals surface area contributed by atoms with Crippen LogP contribution in [0, 0.1) is 18.3 Å². The Morgan fingerprint density at radius 3 is 2.13 bits per heavy atom. The van der Waals surface area contributed by atoms with E-state index in [-0.39, 0.29) is 44.7 Å². The largest absolute Gasteiger partial charge is 0.466 e. The molecule has 9 heteroatoms. The quantitative estimate of drug-likeness (QED) is 0.349. The Morgan fingerprint density at radius 2 is 1.54 bits per heavy atom. The third kappa shape index (κ3) is 5.00. The Balaban J connectivity index is 2.00. The second kappa shape index (κ2) is 11.3.